The van der Waals surface area contributed by atoms with E-state index < -0.39 is 6.10 Å². The monoisotopic (exact) mass is 208 g/mol. The molecular weight excluding hydrogens is 188 g/mol. The van der Waals surface area contributed by atoms with Gasteiger partial charge in [0.2, 0.25) is 0 Å². The fraction of sp³-hybridized carbons (Fsp3) is 0.583. The van der Waals surface area contributed by atoms with Gasteiger partial charge in [0, 0.05) is 18.4 Å². The van der Waals surface area contributed by atoms with E-state index in [1.165, 1.54) is 5.56 Å². The third-order valence-electron chi connectivity index (χ3n) is 2.59. The molecule has 3 heteroatoms. The second kappa shape index (κ2) is 6.53. The zero-order valence-corrected chi connectivity index (χ0v) is 9.26. The van der Waals surface area contributed by atoms with Crippen LogP contribution in [-0.4, -0.2) is 22.2 Å². The van der Waals surface area contributed by atoms with Crippen LogP contribution in [0.4, 0.5) is 0 Å². The molecule has 0 saturated carbocycles. The summed E-state index contributed by atoms with van der Waals surface area (Å²) in [5.41, 5.74) is 7.03. The van der Waals surface area contributed by atoms with Crippen LogP contribution in [-0.2, 0) is 6.42 Å². The quantitative estimate of drug-likeness (QED) is 0.745. The molecule has 1 aromatic heterocycles. The lowest BCUT2D eigenvalue weighted by molar-refractivity contribution is 0.131. The molecule has 0 aliphatic heterocycles. The maximum absolute atomic E-state index is 9.77. The van der Waals surface area contributed by atoms with Gasteiger partial charge in [-0.3, -0.25) is 4.98 Å². The number of nitrogens with two attached hydrogens (primary N) is 1. The highest BCUT2D eigenvalue weighted by molar-refractivity contribution is 5.09. The van der Waals surface area contributed by atoms with E-state index in [0.717, 1.165) is 25.7 Å². The Hall–Kier alpha value is -0.930. The van der Waals surface area contributed by atoms with Crippen LogP contribution in [0, 0.1) is 0 Å². The smallest absolute Gasteiger partial charge is 0.0694 e. The van der Waals surface area contributed by atoms with Gasteiger partial charge in [-0.2, -0.15) is 0 Å². The standard InChI is InChI=1S/C12H20N2O/c1-2-3-11(13)12(15)5-4-10-6-8-14-9-7-10/h6-9,11-12,15H,2-5,13H2,1H3. The third kappa shape index (κ3) is 4.40. The van der Waals surface area contributed by atoms with Crippen molar-refractivity contribution in [1.29, 1.82) is 0 Å². The van der Waals surface area contributed by atoms with E-state index in [0.29, 0.717) is 0 Å². The lowest BCUT2D eigenvalue weighted by Gasteiger charge is -2.17. The minimum atomic E-state index is -0.391. The maximum atomic E-state index is 9.77. The van der Waals surface area contributed by atoms with Gasteiger partial charge in [0.15, 0.2) is 0 Å². The first-order valence-electron chi connectivity index (χ1n) is 5.56. The normalized spacial score (nSPS) is 14.9. The Bertz CT molecular complexity index is 264. The summed E-state index contributed by atoms with van der Waals surface area (Å²) < 4.78 is 0. The van der Waals surface area contributed by atoms with E-state index >= 15 is 0 Å². The number of rotatable bonds is 6. The first-order valence-corrected chi connectivity index (χ1v) is 5.56. The highest BCUT2D eigenvalue weighted by Crippen LogP contribution is 2.08. The SMILES string of the molecule is CCCC(N)C(O)CCc1ccncc1. The number of hydrogen-bond acceptors (Lipinski definition) is 3. The third-order valence-corrected chi connectivity index (χ3v) is 2.59. The van der Waals surface area contributed by atoms with E-state index in [1.807, 2.05) is 12.1 Å². The molecule has 0 spiro atoms. The number of aromatic nitrogens is 1. The molecule has 2 atom stereocenters. The predicted octanol–water partition coefficient (Wildman–Crippen LogP) is 1.50. The van der Waals surface area contributed by atoms with Crippen molar-refractivity contribution in [3.05, 3.63) is 30.1 Å². The van der Waals surface area contributed by atoms with Crippen molar-refractivity contribution in [2.24, 2.45) is 5.73 Å². The Morgan fingerprint density at radius 1 is 1.33 bits per heavy atom. The van der Waals surface area contributed by atoms with Crippen LogP contribution in [0.3, 0.4) is 0 Å². The van der Waals surface area contributed by atoms with Gasteiger partial charge in [-0.25, -0.2) is 0 Å². The Labute approximate surface area is 91.3 Å². The van der Waals surface area contributed by atoms with Crippen molar-refractivity contribution in [2.45, 2.75) is 44.8 Å². The lowest BCUT2D eigenvalue weighted by atomic mass is 10.0. The first-order chi connectivity index (χ1) is 7.24. The number of hydrogen-bond donors (Lipinski definition) is 2. The largest absolute Gasteiger partial charge is 0.392 e. The molecule has 3 N–H and O–H groups in total. The Balaban J connectivity index is 2.31. The molecule has 0 aliphatic rings. The predicted molar refractivity (Wildman–Crippen MR) is 61.4 cm³/mol. The van der Waals surface area contributed by atoms with Crippen molar-refractivity contribution < 1.29 is 5.11 Å². The number of aliphatic hydroxyl groups is 1. The first kappa shape index (κ1) is 12.1. The van der Waals surface area contributed by atoms with Gasteiger partial charge in [-0.15, -0.1) is 0 Å². The van der Waals surface area contributed by atoms with E-state index in [9.17, 15) is 5.11 Å². The summed E-state index contributed by atoms with van der Waals surface area (Å²) >= 11 is 0. The molecule has 3 nitrogen and oxygen atoms in total. The molecule has 0 saturated heterocycles. The van der Waals surface area contributed by atoms with E-state index in [1.54, 1.807) is 12.4 Å². The molecule has 2 unspecified atom stereocenters. The average Bonchev–Trinajstić information content (AvgIpc) is 2.27. The number of aliphatic hydroxyl groups excluding tert-OH is 1. The molecule has 1 rings (SSSR count). The minimum absolute atomic E-state index is 0.0863. The number of pyridine rings is 1. The second-order valence-corrected chi connectivity index (χ2v) is 3.91. The summed E-state index contributed by atoms with van der Waals surface area (Å²) in [6, 6.07) is 3.85. The van der Waals surface area contributed by atoms with Crippen LogP contribution >= 0.6 is 0 Å². The molecule has 84 valence electrons. The molecule has 1 heterocycles. The summed E-state index contributed by atoms with van der Waals surface area (Å²) in [6.07, 6.45) is 6.65. The van der Waals surface area contributed by atoms with Gasteiger partial charge >= 0.3 is 0 Å². The lowest BCUT2D eigenvalue weighted by Crippen LogP contribution is -2.34. The number of aryl methyl sites for hydroxylation is 1. The van der Waals surface area contributed by atoms with Crippen molar-refractivity contribution >= 4 is 0 Å². The molecule has 1 aromatic rings. The van der Waals surface area contributed by atoms with Gasteiger partial charge in [-0.05, 0) is 37.0 Å². The van der Waals surface area contributed by atoms with E-state index in [-0.39, 0.29) is 6.04 Å². The van der Waals surface area contributed by atoms with Crippen LogP contribution in [0.25, 0.3) is 0 Å². The summed E-state index contributed by atoms with van der Waals surface area (Å²) in [5, 5.41) is 9.77. The topological polar surface area (TPSA) is 59.1 Å². The second-order valence-electron chi connectivity index (χ2n) is 3.91. The molecule has 0 fully saturated rings. The highest BCUT2D eigenvalue weighted by atomic mass is 16.3. The van der Waals surface area contributed by atoms with Crippen LogP contribution in [0.2, 0.25) is 0 Å². The molecule has 15 heavy (non-hydrogen) atoms. The Morgan fingerprint density at radius 2 is 2.00 bits per heavy atom. The van der Waals surface area contributed by atoms with Gasteiger partial charge in [0.1, 0.15) is 0 Å². The minimum Gasteiger partial charge on any atom is -0.392 e. The summed E-state index contributed by atoms with van der Waals surface area (Å²) in [7, 11) is 0. The van der Waals surface area contributed by atoms with Crippen LogP contribution in [0.5, 0.6) is 0 Å². The zero-order chi connectivity index (χ0) is 11.1. The number of nitrogens with zero attached hydrogens (tertiary/aromatic N) is 1. The van der Waals surface area contributed by atoms with Gasteiger partial charge < -0.3 is 10.8 Å². The fourth-order valence-electron chi connectivity index (χ4n) is 1.60. The highest BCUT2D eigenvalue weighted by Gasteiger charge is 2.13. The summed E-state index contributed by atoms with van der Waals surface area (Å²) in [6.45, 7) is 2.08. The van der Waals surface area contributed by atoms with Gasteiger partial charge in [0.05, 0.1) is 6.10 Å². The van der Waals surface area contributed by atoms with Crippen LogP contribution < -0.4 is 5.73 Å². The van der Waals surface area contributed by atoms with Crippen molar-refractivity contribution in [2.75, 3.05) is 0 Å². The molecule has 0 amide bonds. The fourth-order valence-corrected chi connectivity index (χ4v) is 1.60. The van der Waals surface area contributed by atoms with Crippen molar-refractivity contribution in [3.8, 4) is 0 Å². The van der Waals surface area contributed by atoms with Crippen LogP contribution in [0.15, 0.2) is 24.5 Å². The van der Waals surface area contributed by atoms with Crippen molar-refractivity contribution in [1.82, 2.24) is 4.98 Å². The average molecular weight is 208 g/mol. The Morgan fingerprint density at radius 3 is 2.60 bits per heavy atom. The molecule has 0 radical (unpaired) electrons. The summed E-state index contributed by atoms with van der Waals surface area (Å²) in [4.78, 5) is 3.95. The van der Waals surface area contributed by atoms with Gasteiger partial charge in [-0.1, -0.05) is 13.3 Å². The van der Waals surface area contributed by atoms with Crippen LogP contribution in [0.1, 0.15) is 31.7 Å². The zero-order valence-electron chi connectivity index (χ0n) is 9.26. The summed E-state index contributed by atoms with van der Waals surface area (Å²) in [5.74, 6) is 0. The van der Waals surface area contributed by atoms with E-state index in [4.69, 9.17) is 5.73 Å². The maximum Gasteiger partial charge on any atom is 0.0694 e. The Kier molecular flexibility index (Phi) is 5.29. The van der Waals surface area contributed by atoms with Crippen molar-refractivity contribution in [3.63, 3.8) is 0 Å². The van der Waals surface area contributed by atoms with Gasteiger partial charge in [0.25, 0.3) is 0 Å². The molecule has 0 aromatic carbocycles. The molecule has 0 bridgehead atoms. The molecule has 0 aliphatic carbocycles. The molecular formula is C12H20N2O. The van der Waals surface area contributed by atoms with E-state index in [2.05, 4.69) is 11.9 Å².